The van der Waals surface area contributed by atoms with Gasteiger partial charge >= 0.3 is 35.8 Å². The van der Waals surface area contributed by atoms with Gasteiger partial charge in [-0.2, -0.15) is 0 Å². The molecular formula is C53H65N5O14S. The molecule has 8 bridgehead atoms. The van der Waals surface area contributed by atoms with E-state index in [0.717, 1.165) is 58.2 Å². The lowest BCUT2D eigenvalue weighted by Gasteiger charge is -2.44. The van der Waals surface area contributed by atoms with Crippen LogP contribution in [0, 0.1) is 13.8 Å². The van der Waals surface area contributed by atoms with Crippen molar-refractivity contribution in [1.82, 2.24) is 25.3 Å². The van der Waals surface area contributed by atoms with Crippen LogP contribution in [0.15, 0.2) is 24.8 Å². The van der Waals surface area contributed by atoms with Gasteiger partial charge in [-0.3, -0.25) is 33.8 Å². The van der Waals surface area contributed by atoms with Gasteiger partial charge in [-0.1, -0.05) is 26.5 Å². The first-order valence-corrected chi connectivity index (χ1v) is 25.2. The Hall–Kier alpha value is -6.80. The van der Waals surface area contributed by atoms with Crippen molar-refractivity contribution in [3.8, 4) is 0 Å². The van der Waals surface area contributed by atoms with Crippen LogP contribution in [0.25, 0.3) is 39.3 Å². The number of hydrogen-bond donors (Lipinski definition) is 3. The third-order valence-electron chi connectivity index (χ3n) is 13.2. The van der Waals surface area contributed by atoms with E-state index in [1.54, 1.807) is 6.92 Å². The molecule has 6 heterocycles. The van der Waals surface area contributed by atoms with Crippen LogP contribution in [0.3, 0.4) is 0 Å². The average Bonchev–Trinajstić information content (AvgIpc) is 4.02. The summed E-state index contributed by atoms with van der Waals surface area (Å²) in [6.07, 6.45) is -2.00. The van der Waals surface area contributed by atoms with Gasteiger partial charge in [0.2, 0.25) is 5.91 Å². The third kappa shape index (κ3) is 12.7. The van der Waals surface area contributed by atoms with E-state index >= 15 is 0 Å². The highest BCUT2D eigenvalue weighted by Crippen LogP contribution is 2.44. The molecule has 0 radical (unpaired) electrons. The summed E-state index contributed by atoms with van der Waals surface area (Å²) in [5, 5.41) is 3.00. The van der Waals surface area contributed by atoms with Crippen LogP contribution in [0.2, 0.25) is 0 Å². The average molecular weight is 1030 g/mol. The third-order valence-corrected chi connectivity index (χ3v) is 14.5. The second-order valence-corrected chi connectivity index (χ2v) is 19.3. The van der Waals surface area contributed by atoms with E-state index in [1.165, 1.54) is 39.8 Å². The number of esters is 6. The second-order valence-electron chi connectivity index (χ2n) is 18.1. The van der Waals surface area contributed by atoms with Gasteiger partial charge in [0.1, 0.15) is 18.1 Å². The minimum Gasteiger partial charge on any atom is -0.469 e. The Kier molecular flexibility index (Phi) is 18.5. The van der Waals surface area contributed by atoms with E-state index in [4.69, 9.17) is 43.1 Å². The van der Waals surface area contributed by atoms with E-state index in [-0.39, 0.29) is 43.2 Å². The molecule has 7 atom stereocenters. The Morgan fingerprint density at radius 1 is 0.808 bits per heavy atom. The van der Waals surface area contributed by atoms with Crippen molar-refractivity contribution in [2.75, 3.05) is 33.1 Å². The Labute approximate surface area is 427 Å². The highest BCUT2D eigenvalue weighted by atomic mass is 32.2. The number of H-pyrrole nitrogens is 2. The Morgan fingerprint density at radius 3 is 2.10 bits per heavy atom. The Balaban J connectivity index is 1.42. The lowest BCUT2D eigenvalue weighted by Crippen LogP contribution is -2.61. The molecule has 6 rings (SSSR count). The van der Waals surface area contributed by atoms with Gasteiger partial charge < -0.3 is 48.4 Å². The Bertz CT molecular complexity index is 2880. The summed E-state index contributed by atoms with van der Waals surface area (Å²) >= 11 is 1.19. The zero-order valence-electron chi connectivity index (χ0n) is 43.2. The molecule has 73 heavy (non-hydrogen) atoms. The molecule has 3 N–H and O–H groups in total. The molecule has 0 aliphatic carbocycles. The van der Waals surface area contributed by atoms with E-state index in [1.807, 2.05) is 32.1 Å². The number of methoxy groups -OCH3 is 2. The smallest absolute Gasteiger partial charge is 0.340 e. The van der Waals surface area contributed by atoms with Gasteiger partial charge in [0, 0.05) is 91.4 Å². The molecule has 0 spiro atoms. The van der Waals surface area contributed by atoms with Crippen LogP contribution in [-0.4, -0.2) is 125 Å². The van der Waals surface area contributed by atoms with Crippen LogP contribution in [-0.2, 0) is 79.6 Å². The van der Waals surface area contributed by atoms with Crippen LogP contribution in [0.5, 0.6) is 0 Å². The van der Waals surface area contributed by atoms with E-state index < -0.39 is 77.5 Å². The van der Waals surface area contributed by atoms with Crippen LogP contribution < -0.4 is 5.32 Å². The van der Waals surface area contributed by atoms with Crippen molar-refractivity contribution >= 4 is 92.8 Å². The van der Waals surface area contributed by atoms with Crippen LogP contribution in [0.1, 0.15) is 130 Å². The molecule has 0 unspecified atom stereocenters. The highest BCUT2D eigenvalue weighted by molar-refractivity contribution is 7.99. The molecule has 20 heteroatoms. The quantitative estimate of drug-likeness (QED) is 0.0662. The molecule has 3 aromatic rings. The van der Waals surface area contributed by atoms with Crippen LogP contribution in [0.4, 0.5) is 0 Å². The number of ether oxygens (including phenoxy) is 7. The van der Waals surface area contributed by atoms with Gasteiger partial charge in [0.05, 0.1) is 43.3 Å². The van der Waals surface area contributed by atoms with Crippen molar-refractivity contribution in [2.24, 2.45) is 0 Å². The van der Waals surface area contributed by atoms with E-state index in [0.29, 0.717) is 53.2 Å². The van der Waals surface area contributed by atoms with Crippen molar-refractivity contribution < 1.29 is 66.7 Å². The number of allylic oxidation sites excluding steroid dienone is 1. The number of aromatic nitrogens is 4. The molecular weight excluding hydrogens is 963 g/mol. The molecule has 3 aliphatic heterocycles. The normalized spacial score (nSPS) is 20.4. The van der Waals surface area contributed by atoms with E-state index in [9.17, 15) is 33.6 Å². The summed E-state index contributed by atoms with van der Waals surface area (Å²) in [7, 11) is 2.61. The number of aromatic amines is 2. The fraction of sp³-hybridized carbons (Fsp3) is 0.491. The zero-order chi connectivity index (χ0) is 53.4. The first-order valence-electron chi connectivity index (χ1n) is 24.1. The minimum atomic E-state index is -1.32. The molecule has 19 nitrogen and oxygen atoms in total. The van der Waals surface area contributed by atoms with Gasteiger partial charge in [0.15, 0.2) is 18.3 Å². The summed E-state index contributed by atoms with van der Waals surface area (Å²) in [5.74, 6) is -4.71. The lowest BCUT2D eigenvalue weighted by atomic mass is 9.84. The van der Waals surface area contributed by atoms with Crippen molar-refractivity contribution in [3.05, 3.63) is 75.4 Å². The molecule has 0 saturated carbocycles. The van der Waals surface area contributed by atoms with Gasteiger partial charge in [0.25, 0.3) is 0 Å². The highest BCUT2D eigenvalue weighted by Gasteiger charge is 2.52. The SMILES string of the molecule is C=Cc1c(C)c2cc3nc(c(CC(=O)NCCCS[C@@H]4O[C@H](COC(C)=O)[C@@H](OC(C)=O)[C@H](OC(C)=O)[C@H]4OC(C)=O)c4nc(cc5[nH]c(cc1[nH]2)c(C)c5CC)C(C)=C4C(=O)OC)[C@@H](CCC(=O)OC)[C@@H]3C. The predicted octanol–water partition coefficient (Wildman–Crippen LogP) is 6.95. The number of nitrogens with zero attached hydrogens (tertiary/aromatic N) is 2. The lowest BCUT2D eigenvalue weighted by molar-refractivity contribution is -0.237. The summed E-state index contributed by atoms with van der Waals surface area (Å²) in [4.78, 5) is 107. The van der Waals surface area contributed by atoms with Crippen molar-refractivity contribution in [1.29, 1.82) is 0 Å². The van der Waals surface area contributed by atoms with Crippen molar-refractivity contribution in [2.45, 2.75) is 136 Å². The number of amides is 1. The first-order chi connectivity index (χ1) is 34.7. The topological polar surface area (TPSA) is 253 Å². The zero-order valence-corrected chi connectivity index (χ0v) is 44.0. The standard InChI is InChI=1S/C53H65N5O14S/c1-13-33-25(3)37-21-39-27(5)35(16-17-45(64)66-11)47(57-39)36(48-46(52(65)67-12)28(6)40(58-48)23-42-34(14-2)26(4)38(56-42)22-41(33)55-37)20-44(63)54-18-15-19-73-53-51(71-32(10)62)50(70-31(9)61)49(69-30(8)60)43(72-53)24-68-29(7)59/h13,21-23,27,35,43,49-51,53,55-56H,1,14-20,24H2,2-12H3,(H,54,63)/t27-,35-,43+,49+,50-,51+,53-/m0/s1. The molecule has 1 saturated heterocycles. The molecule has 0 aromatic carbocycles. The number of hydrogen-bond acceptors (Lipinski definition) is 17. The van der Waals surface area contributed by atoms with Gasteiger partial charge in [-0.25, -0.2) is 9.78 Å². The molecule has 3 aliphatic rings. The maximum atomic E-state index is 14.4. The summed E-state index contributed by atoms with van der Waals surface area (Å²) in [6, 6.07) is 5.94. The van der Waals surface area contributed by atoms with E-state index in [2.05, 4.69) is 41.8 Å². The molecule has 3 aromatic heterocycles. The predicted molar refractivity (Wildman–Crippen MR) is 273 cm³/mol. The maximum Gasteiger partial charge on any atom is 0.340 e. The minimum absolute atomic E-state index is 0.0557. The summed E-state index contributed by atoms with van der Waals surface area (Å²) < 4.78 is 38.6. The number of nitrogens with one attached hydrogen (secondary N) is 3. The molecule has 1 amide bonds. The number of rotatable bonds is 18. The summed E-state index contributed by atoms with van der Waals surface area (Å²) in [5.41, 5.74) is 9.30. The van der Waals surface area contributed by atoms with Crippen molar-refractivity contribution in [3.63, 3.8) is 0 Å². The monoisotopic (exact) mass is 1030 g/mol. The van der Waals surface area contributed by atoms with Crippen LogP contribution >= 0.6 is 11.8 Å². The second kappa shape index (κ2) is 24.3. The van der Waals surface area contributed by atoms with Gasteiger partial charge in [-0.15, -0.1) is 11.8 Å². The first kappa shape index (κ1) is 55.5. The number of aryl methyl sites for hydroxylation is 3. The molecule has 392 valence electrons. The molecule has 1 fully saturated rings. The fourth-order valence-corrected chi connectivity index (χ4v) is 10.8. The number of fused-ring (bicyclic) bond motifs is 8. The summed E-state index contributed by atoms with van der Waals surface area (Å²) in [6.45, 7) is 18.5. The number of carbonyl (C=O) groups is 7. The number of thioether (sulfide) groups is 1. The maximum absolute atomic E-state index is 14.4. The fourth-order valence-electron chi connectivity index (χ4n) is 9.61. The Morgan fingerprint density at radius 2 is 1.47 bits per heavy atom. The van der Waals surface area contributed by atoms with Gasteiger partial charge in [-0.05, 0) is 86.2 Å². The largest absolute Gasteiger partial charge is 0.469 e. The number of carbonyl (C=O) groups excluding carboxylic acids is 7.